The third-order valence-electron chi connectivity index (χ3n) is 1.67. The lowest BCUT2D eigenvalue weighted by molar-refractivity contribution is -0.149. The highest BCUT2D eigenvalue weighted by molar-refractivity contribution is 5.89. The number of methoxy groups -OCH3 is 2. The SMILES string of the molecule is C#C.COC(=O)CC(=O)O.COC1CCCO1. The molecule has 6 nitrogen and oxygen atoms in total. The maximum absolute atomic E-state index is 10.0. The summed E-state index contributed by atoms with van der Waals surface area (Å²) in [4.78, 5) is 19.7. The standard InChI is InChI=1S/C5H10O2.C4H6O4.C2H2/c1-6-5-3-2-4-7-5;1-8-4(7)2-3(5)6;1-2/h5H,2-4H2,1H3;2H2,1H3,(H,5,6);1-2H. The van der Waals surface area contributed by atoms with Gasteiger partial charge in [-0.05, 0) is 6.42 Å². The van der Waals surface area contributed by atoms with E-state index >= 15 is 0 Å². The van der Waals surface area contributed by atoms with Crippen molar-refractivity contribution >= 4 is 11.9 Å². The highest BCUT2D eigenvalue weighted by atomic mass is 16.7. The molecule has 98 valence electrons. The maximum atomic E-state index is 10.0. The van der Waals surface area contributed by atoms with Crippen molar-refractivity contribution in [1.82, 2.24) is 0 Å². The molecule has 1 fully saturated rings. The zero-order valence-corrected chi connectivity index (χ0v) is 10.0. The molecule has 6 heteroatoms. The Balaban J connectivity index is 0. The molecule has 0 aromatic heterocycles. The van der Waals surface area contributed by atoms with Crippen LogP contribution in [0.15, 0.2) is 0 Å². The van der Waals surface area contributed by atoms with Gasteiger partial charge in [0.25, 0.3) is 0 Å². The molecular weight excluding hydrogens is 228 g/mol. The summed E-state index contributed by atoms with van der Waals surface area (Å²) in [6.07, 6.45) is 9.76. The molecule has 1 atom stereocenters. The number of carbonyl (C=O) groups is 2. The van der Waals surface area contributed by atoms with Crippen molar-refractivity contribution in [3.63, 3.8) is 0 Å². The van der Waals surface area contributed by atoms with Gasteiger partial charge in [-0.2, -0.15) is 0 Å². The number of ether oxygens (including phenoxy) is 3. The van der Waals surface area contributed by atoms with Gasteiger partial charge >= 0.3 is 11.9 Å². The van der Waals surface area contributed by atoms with Crippen molar-refractivity contribution in [3.05, 3.63) is 0 Å². The Labute approximate surface area is 101 Å². The number of esters is 1. The first-order valence-corrected chi connectivity index (χ1v) is 4.86. The molecule has 1 aliphatic rings. The summed E-state index contributed by atoms with van der Waals surface area (Å²) in [5.41, 5.74) is 0. The second-order valence-corrected chi connectivity index (χ2v) is 2.82. The largest absolute Gasteiger partial charge is 0.481 e. The molecule has 1 aliphatic heterocycles. The lowest BCUT2D eigenvalue weighted by Crippen LogP contribution is -2.07. The van der Waals surface area contributed by atoms with Gasteiger partial charge in [-0.15, -0.1) is 12.8 Å². The van der Waals surface area contributed by atoms with Crippen molar-refractivity contribution in [2.75, 3.05) is 20.8 Å². The summed E-state index contributed by atoms with van der Waals surface area (Å²) in [5.74, 6) is -1.89. The first-order chi connectivity index (χ1) is 8.10. The Morgan fingerprint density at radius 1 is 1.41 bits per heavy atom. The molecule has 1 unspecified atom stereocenters. The average molecular weight is 246 g/mol. The maximum Gasteiger partial charge on any atom is 0.316 e. The Morgan fingerprint density at radius 2 is 2.00 bits per heavy atom. The van der Waals surface area contributed by atoms with E-state index in [1.54, 1.807) is 7.11 Å². The molecule has 0 aliphatic carbocycles. The molecule has 1 rings (SSSR count). The molecule has 0 saturated carbocycles. The third kappa shape index (κ3) is 12.4. The van der Waals surface area contributed by atoms with Crippen LogP contribution in [-0.4, -0.2) is 44.2 Å². The number of terminal acetylenes is 1. The second-order valence-electron chi connectivity index (χ2n) is 2.82. The van der Waals surface area contributed by atoms with E-state index < -0.39 is 18.4 Å². The molecule has 17 heavy (non-hydrogen) atoms. The summed E-state index contributed by atoms with van der Waals surface area (Å²) in [6.45, 7) is 0.874. The van der Waals surface area contributed by atoms with Crippen molar-refractivity contribution in [1.29, 1.82) is 0 Å². The van der Waals surface area contributed by atoms with Crippen LogP contribution in [0.1, 0.15) is 19.3 Å². The van der Waals surface area contributed by atoms with Crippen molar-refractivity contribution in [2.24, 2.45) is 0 Å². The first-order valence-electron chi connectivity index (χ1n) is 4.86. The van der Waals surface area contributed by atoms with E-state index in [0.717, 1.165) is 26.6 Å². The lowest BCUT2D eigenvalue weighted by Gasteiger charge is -2.03. The topological polar surface area (TPSA) is 82.1 Å². The van der Waals surface area contributed by atoms with Gasteiger partial charge in [-0.3, -0.25) is 9.59 Å². The van der Waals surface area contributed by atoms with Gasteiger partial charge in [-0.1, -0.05) is 0 Å². The Hall–Kier alpha value is -1.58. The second kappa shape index (κ2) is 12.5. The highest BCUT2D eigenvalue weighted by Gasteiger charge is 2.12. The van der Waals surface area contributed by atoms with Crippen LogP contribution in [0.3, 0.4) is 0 Å². The summed E-state index contributed by atoms with van der Waals surface area (Å²) in [7, 11) is 2.82. The van der Waals surface area contributed by atoms with Crippen LogP contribution in [0.4, 0.5) is 0 Å². The van der Waals surface area contributed by atoms with Crippen molar-refractivity contribution in [3.8, 4) is 12.8 Å². The van der Waals surface area contributed by atoms with Crippen LogP contribution in [0.25, 0.3) is 0 Å². The molecular formula is C11H18O6. The smallest absolute Gasteiger partial charge is 0.316 e. The number of carbonyl (C=O) groups excluding carboxylic acids is 1. The van der Waals surface area contributed by atoms with E-state index in [1.807, 2.05) is 0 Å². The summed E-state index contributed by atoms with van der Waals surface area (Å²) in [5, 5.41) is 7.91. The fourth-order valence-electron chi connectivity index (χ4n) is 0.930. The van der Waals surface area contributed by atoms with E-state index in [9.17, 15) is 9.59 Å². The van der Waals surface area contributed by atoms with Crippen molar-refractivity contribution in [2.45, 2.75) is 25.6 Å². The minimum Gasteiger partial charge on any atom is -0.481 e. The predicted octanol–water partition coefficient (Wildman–Crippen LogP) is 0.653. The number of carboxylic acid groups (broad SMARTS) is 1. The van der Waals surface area contributed by atoms with Gasteiger partial charge in [0.2, 0.25) is 0 Å². The normalized spacial score (nSPS) is 16.8. The minimum absolute atomic E-state index is 0.0972. The van der Waals surface area contributed by atoms with Crippen molar-refractivity contribution < 1.29 is 28.9 Å². The van der Waals surface area contributed by atoms with Gasteiger partial charge < -0.3 is 19.3 Å². The quantitative estimate of drug-likeness (QED) is 0.447. The molecule has 1 heterocycles. The van der Waals surface area contributed by atoms with E-state index in [-0.39, 0.29) is 6.29 Å². The molecule has 0 spiro atoms. The van der Waals surface area contributed by atoms with Gasteiger partial charge in [0.1, 0.15) is 6.42 Å². The average Bonchev–Trinajstić information content (AvgIpc) is 2.84. The van der Waals surface area contributed by atoms with E-state index in [2.05, 4.69) is 17.6 Å². The highest BCUT2D eigenvalue weighted by Crippen LogP contribution is 2.10. The third-order valence-corrected chi connectivity index (χ3v) is 1.67. The van der Waals surface area contributed by atoms with E-state index in [4.69, 9.17) is 14.6 Å². The molecule has 0 amide bonds. The molecule has 0 aromatic rings. The van der Waals surface area contributed by atoms with Gasteiger partial charge in [0, 0.05) is 20.1 Å². The Morgan fingerprint density at radius 3 is 2.18 bits per heavy atom. The predicted molar refractivity (Wildman–Crippen MR) is 60.1 cm³/mol. The first kappa shape index (κ1) is 17.8. The van der Waals surface area contributed by atoms with E-state index in [0.29, 0.717) is 0 Å². The molecule has 1 N–H and O–H groups in total. The van der Waals surface area contributed by atoms with Crippen LogP contribution in [-0.2, 0) is 23.8 Å². The van der Waals surface area contributed by atoms with Crippen LogP contribution in [0.5, 0.6) is 0 Å². The van der Waals surface area contributed by atoms with Gasteiger partial charge in [0.05, 0.1) is 7.11 Å². The van der Waals surface area contributed by atoms with Crippen LogP contribution in [0, 0.1) is 12.8 Å². The number of hydrogen-bond donors (Lipinski definition) is 1. The zero-order chi connectivity index (χ0) is 13.7. The molecule has 1 saturated heterocycles. The van der Waals surface area contributed by atoms with Crippen LogP contribution < -0.4 is 0 Å². The number of aliphatic carboxylic acids is 1. The fraction of sp³-hybridized carbons (Fsp3) is 0.636. The number of carboxylic acids is 1. The van der Waals surface area contributed by atoms with Gasteiger partial charge in [0.15, 0.2) is 6.29 Å². The van der Waals surface area contributed by atoms with Gasteiger partial charge in [-0.25, -0.2) is 0 Å². The van der Waals surface area contributed by atoms with E-state index in [1.165, 1.54) is 0 Å². The minimum atomic E-state index is -1.17. The lowest BCUT2D eigenvalue weighted by atomic mass is 10.4. The molecule has 0 aromatic carbocycles. The molecule has 0 bridgehead atoms. The summed E-state index contributed by atoms with van der Waals surface area (Å²) >= 11 is 0. The Kier molecular flexibility index (Phi) is 13.1. The van der Waals surface area contributed by atoms with Crippen LogP contribution >= 0.6 is 0 Å². The summed E-state index contributed by atoms with van der Waals surface area (Å²) in [6, 6.07) is 0. The molecule has 0 radical (unpaired) electrons. The number of rotatable bonds is 3. The Bertz CT molecular complexity index is 229. The zero-order valence-electron chi connectivity index (χ0n) is 10.0. The summed E-state index contributed by atoms with van der Waals surface area (Å²) < 4.78 is 14.0. The fourth-order valence-corrected chi connectivity index (χ4v) is 0.930. The van der Waals surface area contributed by atoms with Crippen LogP contribution in [0.2, 0.25) is 0 Å². The number of hydrogen-bond acceptors (Lipinski definition) is 5. The monoisotopic (exact) mass is 246 g/mol.